The second-order valence-corrected chi connectivity index (χ2v) is 9.70. The number of hydrogen-bond acceptors (Lipinski definition) is 3. The molecule has 1 aromatic heterocycles. The topological polar surface area (TPSA) is 55.1 Å². The molecular weight excluding hydrogens is 434 g/mol. The van der Waals surface area contributed by atoms with Gasteiger partial charge < -0.3 is 9.67 Å². The summed E-state index contributed by atoms with van der Waals surface area (Å²) in [4.78, 5) is 17.5. The number of carbonyl (C=O) groups is 1. The van der Waals surface area contributed by atoms with Gasteiger partial charge in [0.25, 0.3) is 0 Å². The van der Waals surface area contributed by atoms with Crippen molar-refractivity contribution in [2.75, 3.05) is 0 Å². The SMILES string of the molecule is CC1=C(F)C2=C(CC1)c1cncn1C2CC(=O)C1(O)CCC(c2ccc(F)c(Cl)c2)CC1. The second kappa shape index (κ2) is 7.92. The van der Waals surface area contributed by atoms with Gasteiger partial charge in [0.15, 0.2) is 5.78 Å². The van der Waals surface area contributed by atoms with Crippen molar-refractivity contribution in [3.63, 3.8) is 0 Å². The van der Waals surface area contributed by atoms with Crippen molar-refractivity contribution in [3.8, 4) is 0 Å². The Labute approximate surface area is 190 Å². The van der Waals surface area contributed by atoms with Gasteiger partial charge in [-0.25, -0.2) is 13.8 Å². The Balaban J connectivity index is 1.33. The lowest BCUT2D eigenvalue weighted by Gasteiger charge is -2.36. The fourth-order valence-corrected chi connectivity index (χ4v) is 5.69. The number of Topliss-reactive ketones (excluding diaryl/α,β-unsaturated/α-hetero) is 1. The molecule has 2 heterocycles. The normalized spacial score (nSPS) is 27.5. The minimum absolute atomic E-state index is 0.0342. The maximum atomic E-state index is 15.1. The Kier molecular flexibility index (Phi) is 5.33. The van der Waals surface area contributed by atoms with E-state index in [1.54, 1.807) is 31.6 Å². The first kappa shape index (κ1) is 21.5. The zero-order chi connectivity index (χ0) is 22.6. The molecule has 4 nitrogen and oxygen atoms in total. The summed E-state index contributed by atoms with van der Waals surface area (Å²) in [5, 5.41) is 11.3. The van der Waals surface area contributed by atoms with Gasteiger partial charge in [0.2, 0.25) is 0 Å². The van der Waals surface area contributed by atoms with E-state index in [1.165, 1.54) is 6.07 Å². The van der Waals surface area contributed by atoms with Crippen molar-refractivity contribution in [2.45, 2.75) is 69.4 Å². The zero-order valence-electron chi connectivity index (χ0n) is 17.9. The number of aliphatic hydroxyl groups is 1. The molecule has 2 aromatic rings. The van der Waals surface area contributed by atoms with E-state index in [0.29, 0.717) is 43.3 Å². The fourth-order valence-electron chi connectivity index (χ4n) is 5.50. The smallest absolute Gasteiger partial charge is 0.166 e. The van der Waals surface area contributed by atoms with Crippen LogP contribution in [-0.2, 0) is 4.79 Å². The quantitative estimate of drug-likeness (QED) is 0.605. The van der Waals surface area contributed by atoms with Crippen LogP contribution in [0.5, 0.6) is 0 Å². The molecule has 168 valence electrons. The van der Waals surface area contributed by atoms with Crippen LogP contribution in [0.15, 0.2) is 47.7 Å². The number of ketones is 1. The van der Waals surface area contributed by atoms with Crippen LogP contribution in [0.2, 0.25) is 5.02 Å². The minimum atomic E-state index is -1.44. The third kappa shape index (κ3) is 3.44. The third-order valence-electron chi connectivity index (χ3n) is 7.46. The van der Waals surface area contributed by atoms with Crippen LogP contribution < -0.4 is 0 Å². The van der Waals surface area contributed by atoms with E-state index < -0.39 is 17.5 Å². The molecule has 5 rings (SSSR count). The van der Waals surface area contributed by atoms with Gasteiger partial charge >= 0.3 is 0 Å². The summed E-state index contributed by atoms with van der Waals surface area (Å²) in [6.07, 6.45) is 6.64. The molecule has 2 aliphatic carbocycles. The first-order chi connectivity index (χ1) is 15.3. The largest absolute Gasteiger partial charge is 0.382 e. The van der Waals surface area contributed by atoms with Crippen molar-refractivity contribution >= 4 is 23.0 Å². The van der Waals surface area contributed by atoms with Gasteiger partial charge in [-0.15, -0.1) is 0 Å². The molecular formula is C25H25ClF2N2O2. The molecule has 0 saturated heterocycles. The average molecular weight is 459 g/mol. The molecule has 0 spiro atoms. The fraction of sp³-hybridized carbons (Fsp3) is 0.440. The van der Waals surface area contributed by atoms with E-state index in [2.05, 4.69) is 4.98 Å². The summed E-state index contributed by atoms with van der Waals surface area (Å²) in [6.45, 7) is 1.79. The molecule has 3 aliphatic rings. The molecule has 1 aliphatic heterocycles. The van der Waals surface area contributed by atoms with Crippen LogP contribution >= 0.6 is 11.6 Å². The molecule has 32 heavy (non-hydrogen) atoms. The molecule has 0 amide bonds. The lowest BCUT2D eigenvalue weighted by Crippen LogP contribution is -2.42. The molecule has 7 heteroatoms. The monoisotopic (exact) mass is 458 g/mol. The molecule has 1 aromatic carbocycles. The summed E-state index contributed by atoms with van der Waals surface area (Å²) in [7, 11) is 0. The van der Waals surface area contributed by atoms with Gasteiger partial charge in [-0.1, -0.05) is 17.7 Å². The van der Waals surface area contributed by atoms with Gasteiger partial charge in [-0.2, -0.15) is 0 Å². The molecule has 1 atom stereocenters. The number of fused-ring (bicyclic) bond motifs is 2. The Morgan fingerprint density at radius 3 is 2.75 bits per heavy atom. The van der Waals surface area contributed by atoms with Crippen molar-refractivity contribution < 1.29 is 18.7 Å². The molecule has 0 bridgehead atoms. The summed E-state index contributed by atoms with van der Waals surface area (Å²) in [5.41, 5.74) is 2.56. The number of allylic oxidation sites excluding steroid dienone is 4. The van der Waals surface area contributed by atoms with Crippen LogP contribution in [0.1, 0.15) is 75.1 Å². The van der Waals surface area contributed by atoms with Gasteiger partial charge in [-0.3, -0.25) is 4.79 Å². The summed E-state index contributed by atoms with van der Waals surface area (Å²) >= 11 is 5.92. The van der Waals surface area contributed by atoms with E-state index in [4.69, 9.17) is 11.6 Å². The Morgan fingerprint density at radius 2 is 2.03 bits per heavy atom. The van der Waals surface area contributed by atoms with Crippen LogP contribution in [0.4, 0.5) is 8.78 Å². The number of carbonyl (C=O) groups excluding carboxylic acids is 1. The maximum Gasteiger partial charge on any atom is 0.166 e. The van der Waals surface area contributed by atoms with Crippen molar-refractivity contribution in [3.05, 3.63) is 69.8 Å². The summed E-state index contributed by atoms with van der Waals surface area (Å²) in [6, 6.07) is 4.22. The molecule has 0 radical (unpaired) electrons. The van der Waals surface area contributed by atoms with Crippen LogP contribution in [0.3, 0.4) is 0 Å². The lowest BCUT2D eigenvalue weighted by atomic mass is 9.73. The number of hydrogen-bond donors (Lipinski definition) is 1. The van der Waals surface area contributed by atoms with Gasteiger partial charge in [-0.05, 0) is 80.2 Å². The lowest BCUT2D eigenvalue weighted by molar-refractivity contribution is -0.141. The highest BCUT2D eigenvalue weighted by atomic mass is 35.5. The first-order valence-electron chi connectivity index (χ1n) is 11.1. The molecule has 1 saturated carbocycles. The van der Waals surface area contributed by atoms with E-state index in [-0.39, 0.29) is 29.0 Å². The van der Waals surface area contributed by atoms with Crippen LogP contribution in [0, 0.1) is 5.82 Å². The molecule has 1 unspecified atom stereocenters. The third-order valence-corrected chi connectivity index (χ3v) is 7.75. The second-order valence-electron chi connectivity index (χ2n) is 9.30. The predicted molar refractivity (Wildman–Crippen MR) is 118 cm³/mol. The van der Waals surface area contributed by atoms with Gasteiger partial charge in [0.1, 0.15) is 17.2 Å². The van der Waals surface area contributed by atoms with Crippen molar-refractivity contribution in [1.82, 2.24) is 9.55 Å². The standard InChI is InChI=1S/C25H25ClF2N2O2/c1-14-2-4-17-21-12-29-13-30(21)20(23(17)24(14)28)11-22(31)25(32)8-6-15(7-9-25)16-3-5-19(27)18(26)10-16/h3,5,10,12-13,15,20,32H,2,4,6-9,11H2,1H3. The number of nitrogens with zero attached hydrogens (tertiary/aromatic N) is 2. The van der Waals surface area contributed by atoms with Gasteiger partial charge in [0, 0.05) is 12.0 Å². The highest BCUT2D eigenvalue weighted by Crippen LogP contribution is 2.49. The number of aromatic nitrogens is 2. The molecule has 1 N–H and O–H groups in total. The van der Waals surface area contributed by atoms with Gasteiger partial charge in [0.05, 0.1) is 29.3 Å². The predicted octanol–water partition coefficient (Wildman–Crippen LogP) is 6.07. The summed E-state index contributed by atoms with van der Waals surface area (Å²) < 4.78 is 30.4. The first-order valence-corrected chi connectivity index (χ1v) is 11.5. The zero-order valence-corrected chi connectivity index (χ0v) is 18.6. The van der Waals surface area contributed by atoms with Crippen molar-refractivity contribution in [1.29, 1.82) is 0 Å². The van der Waals surface area contributed by atoms with Crippen LogP contribution in [-0.4, -0.2) is 26.0 Å². The average Bonchev–Trinajstić information content (AvgIpc) is 3.36. The van der Waals surface area contributed by atoms with Crippen LogP contribution in [0.25, 0.3) is 5.57 Å². The number of rotatable bonds is 4. The molecule has 1 fully saturated rings. The Hall–Kier alpha value is -2.31. The number of halogens is 3. The highest BCUT2D eigenvalue weighted by Gasteiger charge is 2.44. The minimum Gasteiger partial charge on any atom is -0.382 e. The number of benzene rings is 1. The number of imidazole rings is 1. The van der Waals surface area contributed by atoms with E-state index in [1.807, 2.05) is 4.57 Å². The maximum absolute atomic E-state index is 15.1. The van der Waals surface area contributed by atoms with E-state index >= 15 is 4.39 Å². The Bertz CT molecular complexity index is 1160. The van der Waals surface area contributed by atoms with Crippen molar-refractivity contribution in [2.24, 2.45) is 0 Å². The van der Waals surface area contributed by atoms with E-state index in [9.17, 15) is 14.3 Å². The highest BCUT2D eigenvalue weighted by molar-refractivity contribution is 6.30. The van der Waals surface area contributed by atoms with E-state index in [0.717, 1.165) is 23.3 Å². The Morgan fingerprint density at radius 1 is 1.28 bits per heavy atom. The summed E-state index contributed by atoms with van der Waals surface area (Å²) in [5.74, 6) is -0.830.